The maximum absolute atomic E-state index is 14.5. The molecule has 0 bridgehead atoms. The van der Waals surface area contributed by atoms with Gasteiger partial charge in [-0.3, -0.25) is 19.9 Å². The van der Waals surface area contributed by atoms with Gasteiger partial charge in [0.15, 0.2) is 5.11 Å². The van der Waals surface area contributed by atoms with Gasteiger partial charge in [-0.25, -0.2) is 4.39 Å². The summed E-state index contributed by atoms with van der Waals surface area (Å²) in [7, 11) is 1.07. The minimum Gasteiger partial charge on any atom is -0.469 e. The second kappa shape index (κ2) is 11.0. The molecule has 0 saturated carbocycles. The third-order valence-corrected chi connectivity index (χ3v) is 5.54. The van der Waals surface area contributed by atoms with Gasteiger partial charge in [-0.1, -0.05) is 29.8 Å². The molecule has 1 aromatic heterocycles. The fraction of sp³-hybridized carbons (Fsp3) is 0.167. The van der Waals surface area contributed by atoms with Crippen molar-refractivity contribution in [3.05, 3.63) is 100 Å². The van der Waals surface area contributed by atoms with Crippen molar-refractivity contribution in [1.29, 1.82) is 0 Å². The molecule has 0 radical (unpaired) electrons. The standard InChI is InChI=1S/C24H18ClF4N3O3S/c1-35-20(33)12-23(19-8-7-17(25)13-30-19,15-9-16(24(27,28)29)11-18(26)10-15)32-22(36)31-21(34)14-5-3-2-4-6-14/h2-11,13H,12H2,1H3,(H2,31,32,34,36). The van der Waals surface area contributed by atoms with Gasteiger partial charge in [0.1, 0.15) is 11.4 Å². The number of amides is 1. The lowest BCUT2D eigenvalue weighted by atomic mass is 9.82. The molecule has 6 nitrogen and oxygen atoms in total. The van der Waals surface area contributed by atoms with E-state index in [1.54, 1.807) is 18.2 Å². The minimum absolute atomic E-state index is 0.0349. The largest absolute Gasteiger partial charge is 0.469 e. The molecule has 0 saturated heterocycles. The number of methoxy groups -OCH3 is 1. The first-order chi connectivity index (χ1) is 16.9. The highest BCUT2D eigenvalue weighted by Crippen LogP contribution is 2.38. The number of pyridine rings is 1. The zero-order valence-corrected chi connectivity index (χ0v) is 20.1. The van der Waals surface area contributed by atoms with Gasteiger partial charge in [-0.15, -0.1) is 0 Å². The number of carbonyl (C=O) groups is 2. The summed E-state index contributed by atoms with van der Waals surface area (Å²) in [5.74, 6) is -2.72. The van der Waals surface area contributed by atoms with Gasteiger partial charge in [-0.2, -0.15) is 13.2 Å². The smallest absolute Gasteiger partial charge is 0.416 e. The number of thiocarbonyl (C=S) groups is 1. The van der Waals surface area contributed by atoms with Crippen molar-refractivity contribution in [2.45, 2.75) is 18.1 Å². The van der Waals surface area contributed by atoms with Crippen LogP contribution in [0.3, 0.4) is 0 Å². The van der Waals surface area contributed by atoms with E-state index < -0.39 is 41.4 Å². The van der Waals surface area contributed by atoms with Gasteiger partial charge in [0.05, 0.1) is 29.8 Å². The molecule has 2 N–H and O–H groups in total. The molecule has 188 valence electrons. The highest BCUT2D eigenvalue weighted by Gasteiger charge is 2.42. The number of benzene rings is 2. The molecule has 12 heteroatoms. The van der Waals surface area contributed by atoms with Crippen molar-refractivity contribution >= 4 is 40.8 Å². The summed E-state index contributed by atoms with van der Waals surface area (Å²) < 4.78 is 59.9. The molecule has 0 fully saturated rings. The number of rotatable bonds is 6. The fourth-order valence-corrected chi connectivity index (χ4v) is 3.81. The third kappa shape index (κ3) is 6.35. The van der Waals surface area contributed by atoms with Crippen LogP contribution in [0.1, 0.15) is 33.6 Å². The fourth-order valence-electron chi connectivity index (χ4n) is 3.43. The number of carbonyl (C=O) groups excluding carboxylic acids is 2. The Morgan fingerprint density at radius 1 is 1.06 bits per heavy atom. The quantitative estimate of drug-likeness (QED) is 0.261. The second-order valence-electron chi connectivity index (χ2n) is 7.52. The van der Waals surface area contributed by atoms with Gasteiger partial charge in [0, 0.05) is 11.8 Å². The Bertz CT molecular complexity index is 1270. The van der Waals surface area contributed by atoms with E-state index in [1.165, 1.54) is 30.5 Å². The molecule has 0 aliphatic rings. The Morgan fingerprint density at radius 3 is 2.31 bits per heavy atom. The van der Waals surface area contributed by atoms with Crippen LogP contribution in [0.2, 0.25) is 5.02 Å². The highest BCUT2D eigenvalue weighted by atomic mass is 35.5. The van der Waals surface area contributed by atoms with E-state index in [-0.39, 0.29) is 27.0 Å². The number of nitrogens with one attached hydrogen (secondary N) is 2. The van der Waals surface area contributed by atoms with Gasteiger partial charge < -0.3 is 10.1 Å². The molecule has 0 aliphatic carbocycles. The van der Waals surface area contributed by atoms with E-state index in [2.05, 4.69) is 15.6 Å². The van der Waals surface area contributed by atoms with Crippen molar-refractivity contribution in [3.63, 3.8) is 0 Å². The number of esters is 1. The van der Waals surface area contributed by atoms with Crippen LogP contribution in [0.5, 0.6) is 0 Å². The molecule has 0 aliphatic heterocycles. The van der Waals surface area contributed by atoms with Gasteiger partial charge in [0.25, 0.3) is 5.91 Å². The van der Waals surface area contributed by atoms with Crippen molar-refractivity contribution in [1.82, 2.24) is 15.6 Å². The van der Waals surface area contributed by atoms with Crippen molar-refractivity contribution in [2.24, 2.45) is 0 Å². The van der Waals surface area contributed by atoms with Crippen LogP contribution in [0.25, 0.3) is 0 Å². The monoisotopic (exact) mass is 539 g/mol. The zero-order valence-electron chi connectivity index (χ0n) is 18.5. The average Bonchev–Trinajstić information content (AvgIpc) is 2.83. The first-order valence-corrected chi connectivity index (χ1v) is 11.0. The lowest BCUT2D eigenvalue weighted by Crippen LogP contribution is -2.53. The summed E-state index contributed by atoms with van der Waals surface area (Å²) in [5.41, 5.74) is -3.42. The summed E-state index contributed by atoms with van der Waals surface area (Å²) in [6.07, 6.45) is -4.37. The summed E-state index contributed by atoms with van der Waals surface area (Å²) in [5, 5.41) is 4.96. The van der Waals surface area contributed by atoms with E-state index in [4.69, 9.17) is 28.6 Å². The first-order valence-electron chi connectivity index (χ1n) is 10.2. The number of hydrogen-bond donors (Lipinski definition) is 2. The molecule has 36 heavy (non-hydrogen) atoms. The van der Waals surface area contributed by atoms with Crippen molar-refractivity contribution in [3.8, 4) is 0 Å². The van der Waals surface area contributed by atoms with E-state index in [0.717, 1.165) is 13.2 Å². The molecule has 1 unspecified atom stereocenters. The SMILES string of the molecule is COC(=O)CC(NC(=S)NC(=O)c1ccccc1)(c1cc(F)cc(C(F)(F)F)c1)c1ccc(Cl)cn1. The number of aromatic nitrogens is 1. The molecule has 1 atom stereocenters. The summed E-state index contributed by atoms with van der Waals surface area (Å²) in [6, 6.07) is 12.5. The highest BCUT2D eigenvalue weighted by molar-refractivity contribution is 7.80. The maximum atomic E-state index is 14.5. The van der Waals surface area contributed by atoms with E-state index in [1.807, 2.05) is 0 Å². The van der Waals surface area contributed by atoms with E-state index in [9.17, 15) is 27.2 Å². The number of alkyl halides is 3. The molecule has 1 heterocycles. The molecule has 0 spiro atoms. The number of nitrogens with zero attached hydrogens (tertiary/aromatic N) is 1. The van der Waals surface area contributed by atoms with Crippen LogP contribution in [0, 0.1) is 5.82 Å². The Morgan fingerprint density at radius 2 is 1.72 bits per heavy atom. The average molecular weight is 540 g/mol. The summed E-state index contributed by atoms with van der Waals surface area (Å²) >= 11 is 11.2. The van der Waals surface area contributed by atoms with Crippen molar-refractivity contribution < 1.29 is 31.9 Å². The topological polar surface area (TPSA) is 80.3 Å². The Kier molecular flexibility index (Phi) is 8.26. The normalized spacial score (nSPS) is 12.8. The van der Waals surface area contributed by atoms with Crippen LogP contribution >= 0.6 is 23.8 Å². The van der Waals surface area contributed by atoms with Gasteiger partial charge >= 0.3 is 12.1 Å². The summed E-state index contributed by atoms with van der Waals surface area (Å²) in [6.45, 7) is 0. The van der Waals surface area contributed by atoms with Crippen molar-refractivity contribution in [2.75, 3.05) is 7.11 Å². The molecule has 3 rings (SSSR count). The van der Waals surface area contributed by atoms with E-state index >= 15 is 0 Å². The minimum atomic E-state index is -4.90. The van der Waals surface area contributed by atoms with Crippen LogP contribution in [0.4, 0.5) is 17.6 Å². The molecule has 1 amide bonds. The summed E-state index contributed by atoms with van der Waals surface area (Å²) in [4.78, 5) is 29.2. The second-order valence-corrected chi connectivity index (χ2v) is 8.37. The predicted octanol–water partition coefficient (Wildman–Crippen LogP) is 5.00. The number of ether oxygens (including phenoxy) is 1. The van der Waals surface area contributed by atoms with Crippen LogP contribution in [-0.2, 0) is 21.2 Å². The lowest BCUT2D eigenvalue weighted by Gasteiger charge is -2.35. The van der Waals surface area contributed by atoms with Gasteiger partial charge in [0.2, 0.25) is 0 Å². The number of hydrogen-bond acceptors (Lipinski definition) is 5. The molecular formula is C24H18ClF4N3O3S. The lowest BCUT2D eigenvalue weighted by molar-refractivity contribution is -0.142. The molecule has 3 aromatic rings. The third-order valence-electron chi connectivity index (χ3n) is 5.11. The van der Waals surface area contributed by atoms with Gasteiger partial charge in [-0.05, 0) is 60.2 Å². The predicted molar refractivity (Wildman–Crippen MR) is 128 cm³/mol. The Labute approximate surface area is 213 Å². The first kappa shape index (κ1) is 27.0. The van der Waals surface area contributed by atoms with Crippen LogP contribution in [0.15, 0.2) is 66.9 Å². The molecular weight excluding hydrogens is 522 g/mol. The van der Waals surface area contributed by atoms with E-state index in [0.29, 0.717) is 12.1 Å². The number of halogens is 5. The Balaban J connectivity index is 2.17. The zero-order chi connectivity index (χ0) is 26.5. The van der Waals surface area contributed by atoms with Crippen LogP contribution < -0.4 is 10.6 Å². The Hall–Kier alpha value is -3.57. The molecule has 2 aromatic carbocycles. The maximum Gasteiger partial charge on any atom is 0.416 e. The van der Waals surface area contributed by atoms with Crippen LogP contribution in [-0.4, -0.2) is 29.1 Å².